The Kier molecular flexibility index (Phi) is 10.2. The van der Waals surface area contributed by atoms with Crippen molar-refractivity contribution in [3.8, 4) is 6.07 Å². The zero-order valence-corrected chi connectivity index (χ0v) is 29.9. The van der Waals surface area contributed by atoms with E-state index < -0.39 is 15.3 Å². The third-order valence-electron chi connectivity index (χ3n) is 13.0. The number of ether oxygens (including phenoxy) is 1. The number of piperidine rings is 1. The van der Waals surface area contributed by atoms with Crippen molar-refractivity contribution < 1.29 is 17.9 Å². The molecule has 2 saturated heterocycles. The lowest BCUT2D eigenvalue weighted by Gasteiger charge is -2.48. The molecule has 5 aliphatic rings. The molecule has 4 unspecified atom stereocenters. The lowest BCUT2D eigenvalue weighted by atomic mass is 9.58. The Morgan fingerprint density at radius 1 is 0.980 bits per heavy atom. The molecule has 5 fully saturated rings. The minimum atomic E-state index is -3.25. The van der Waals surface area contributed by atoms with Gasteiger partial charge in [-0.1, -0.05) is 55.3 Å². The normalized spacial score (nSPS) is 29.1. The second-order valence-electron chi connectivity index (χ2n) is 15.7. The first-order valence-electron chi connectivity index (χ1n) is 18.8. The monoisotopic (exact) mass is 683 g/mol. The predicted octanol–water partition coefficient (Wildman–Crippen LogP) is 7.18. The van der Waals surface area contributed by atoms with E-state index in [0.717, 1.165) is 89.8 Å². The van der Waals surface area contributed by atoms with Crippen LogP contribution in [0.4, 0.5) is 5.69 Å². The van der Waals surface area contributed by atoms with Crippen molar-refractivity contribution in [1.29, 1.82) is 5.26 Å². The van der Waals surface area contributed by atoms with Crippen LogP contribution in [0, 0.1) is 46.8 Å². The molecule has 0 N–H and O–H groups in total. The van der Waals surface area contributed by atoms with E-state index in [9.17, 15) is 18.5 Å². The van der Waals surface area contributed by atoms with Crippen LogP contribution < -0.4 is 4.90 Å². The van der Waals surface area contributed by atoms with E-state index >= 15 is 0 Å². The number of anilines is 1. The number of likely N-dealkylation sites (tertiary alicyclic amines) is 1. The summed E-state index contributed by atoms with van der Waals surface area (Å²) in [6.45, 7) is 5.09. The standard InChI is InChI=1S/C41H53N3O4S/c1-48-40(45)13-6-5-8-32-9-7-12-38(32)41(29-42,34-10-3-2-4-11-34)35-20-22-43(23-21-35)26-31-27-44(28-31)36-16-18-37(19-17-36)49(46,47)39-25-30-14-15-33(39)24-30/h2-5,8,10-11,16-19,30-33,35,38-39H,6-7,9,12-15,20-28H2,1H3/b8-5+/t30?,32-,33?,38-,39?,41?/m0/s1. The Morgan fingerprint density at radius 2 is 1.73 bits per heavy atom. The predicted molar refractivity (Wildman–Crippen MR) is 193 cm³/mol. The smallest absolute Gasteiger partial charge is 0.305 e. The zero-order chi connectivity index (χ0) is 34.0. The van der Waals surface area contributed by atoms with Gasteiger partial charge in [0.05, 0.1) is 28.7 Å². The summed E-state index contributed by atoms with van der Waals surface area (Å²) in [5, 5.41) is 10.9. The van der Waals surface area contributed by atoms with Crippen molar-refractivity contribution in [2.45, 2.75) is 86.2 Å². The molecule has 0 amide bonds. The van der Waals surface area contributed by atoms with Gasteiger partial charge in [0.1, 0.15) is 0 Å². The summed E-state index contributed by atoms with van der Waals surface area (Å²) in [6, 6.07) is 21.2. The van der Waals surface area contributed by atoms with Gasteiger partial charge in [0, 0.05) is 37.7 Å². The van der Waals surface area contributed by atoms with Crippen molar-refractivity contribution in [3.05, 3.63) is 72.3 Å². The third kappa shape index (κ3) is 6.82. The highest BCUT2D eigenvalue weighted by Crippen LogP contribution is 2.53. The Labute approximate surface area is 293 Å². The van der Waals surface area contributed by atoms with Gasteiger partial charge in [-0.3, -0.25) is 4.79 Å². The molecular weight excluding hydrogens is 631 g/mol. The average Bonchev–Trinajstić information content (AvgIpc) is 3.89. The number of benzene rings is 2. The zero-order valence-electron chi connectivity index (χ0n) is 29.1. The first-order valence-corrected chi connectivity index (χ1v) is 20.4. The number of nitrogens with zero attached hydrogens (tertiary/aromatic N) is 3. The molecule has 49 heavy (non-hydrogen) atoms. The molecule has 2 bridgehead atoms. The SMILES string of the molecule is COC(=O)CC/C=C/[C@H]1CCC[C@@H]1C(C#N)(c1ccccc1)C1CCN(CC2CN(c3ccc(S(=O)(=O)C4CC5CCC4C5)cc3)C2)CC1. The van der Waals surface area contributed by atoms with Gasteiger partial charge in [0.15, 0.2) is 9.84 Å². The summed E-state index contributed by atoms with van der Waals surface area (Å²) in [6.07, 6.45) is 15.0. The van der Waals surface area contributed by atoms with Gasteiger partial charge < -0.3 is 14.5 Å². The van der Waals surface area contributed by atoms with Gasteiger partial charge in [-0.05, 0) is 124 Å². The number of carbonyl (C=O) groups is 1. The molecular formula is C41H53N3O4S. The van der Waals surface area contributed by atoms with Crippen LogP contribution in [0.1, 0.15) is 76.2 Å². The summed E-state index contributed by atoms with van der Waals surface area (Å²) < 4.78 is 31.6. The molecule has 2 aliphatic heterocycles. The quantitative estimate of drug-likeness (QED) is 0.173. The first-order chi connectivity index (χ1) is 23.8. The number of carbonyl (C=O) groups excluding carboxylic acids is 1. The van der Waals surface area contributed by atoms with Gasteiger partial charge in [0.25, 0.3) is 0 Å². The number of hydrogen-bond donors (Lipinski definition) is 0. The number of hydrogen-bond acceptors (Lipinski definition) is 7. The number of rotatable bonds is 12. The van der Waals surface area contributed by atoms with Crippen LogP contribution in [0.3, 0.4) is 0 Å². The van der Waals surface area contributed by atoms with E-state index in [1.807, 2.05) is 30.3 Å². The Hall–Kier alpha value is -3.15. The van der Waals surface area contributed by atoms with E-state index in [4.69, 9.17) is 4.74 Å². The molecule has 7 rings (SSSR count). The molecule has 7 nitrogen and oxygen atoms in total. The highest BCUT2D eigenvalue weighted by atomic mass is 32.2. The topological polar surface area (TPSA) is 90.7 Å². The number of nitriles is 1. The van der Waals surface area contributed by atoms with Crippen molar-refractivity contribution in [2.24, 2.45) is 35.5 Å². The molecule has 0 spiro atoms. The Bertz CT molecular complexity index is 1620. The number of methoxy groups -OCH3 is 1. The molecule has 0 aromatic heterocycles. The van der Waals surface area contributed by atoms with Gasteiger partial charge in [-0.2, -0.15) is 5.26 Å². The summed E-state index contributed by atoms with van der Waals surface area (Å²) in [5.74, 6) is 2.29. The Morgan fingerprint density at radius 3 is 2.39 bits per heavy atom. The van der Waals surface area contributed by atoms with Crippen LogP contribution in [0.5, 0.6) is 0 Å². The summed E-state index contributed by atoms with van der Waals surface area (Å²) >= 11 is 0. The lowest BCUT2D eigenvalue weighted by Crippen LogP contribution is -2.54. The summed E-state index contributed by atoms with van der Waals surface area (Å²) in [4.78, 5) is 17.1. The molecule has 3 aliphatic carbocycles. The molecule has 0 radical (unpaired) electrons. The van der Waals surface area contributed by atoms with Crippen LogP contribution in [-0.2, 0) is 24.8 Å². The van der Waals surface area contributed by atoms with E-state index in [2.05, 4.69) is 52.3 Å². The van der Waals surface area contributed by atoms with Gasteiger partial charge in [-0.25, -0.2) is 8.42 Å². The molecule has 2 aromatic rings. The molecule has 262 valence electrons. The maximum atomic E-state index is 13.4. The first kappa shape index (κ1) is 34.3. The lowest BCUT2D eigenvalue weighted by molar-refractivity contribution is -0.140. The minimum absolute atomic E-state index is 0.179. The van der Waals surface area contributed by atoms with Gasteiger partial charge in [0.2, 0.25) is 0 Å². The van der Waals surface area contributed by atoms with Crippen molar-refractivity contribution in [1.82, 2.24) is 4.90 Å². The van der Waals surface area contributed by atoms with E-state index in [1.165, 1.54) is 19.1 Å². The molecule has 2 heterocycles. The van der Waals surface area contributed by atoms with Crippen molar-refractivity contribution in [2.75, 3.05) is 44.7 Å². The van der Waals surface area contributed by atoms with Crippen molar-refractivity contribution >= 4 is 21.5 Å². The molecule has 2 aromatic carbocycles. The second-order valence-corrected chi connectivity index (χ2v) is 17.9. The van der Waals surface area contributed by atoms with Crippen LogP contribution >= 0.6 is 0 Å². The number of esters is 1. The fraction of sp³-hybridized carbons (Fsp3) is 0.610. The maximum Gasteiger partial charge on any atom is 0.305 e. The van der Waals surface area contributed by atoms with Gasteiger partial charge in [-0.15, -0.1) is 0 Å². The highest BCUT2D eigenvalue weighted by Gasteiger charge is 2.52. The second kappa shape index (κ2) is 14.6. The number of fused-ring (bicyclic) bond motifs is 2. The van der Waals surface area contributed by atoms with Crippen LogP contribution in [0.2, 0.25) is 0 Å². The van der Waals surface area contributed by atoms with Crippen LogP contribution in [-0.4, -0.2) is 64.4 Å². The largest absolute Gasteiger partial charge is 0.469 e. The van der Waals surface area contributed by atoms with E-state index in [1.54, 1.807) is 0 Å². The van der Waals surface area contributed by atoms with Crippen LogP contribution in [0.15, 0.2) is 71.6 Å². The summed E-state index contributed by atoms with van der Waals surface area (Å²) in [7, 11) is -1.81. The van der Waals surface area contributed by atoms with Gasteiger partial charge >= 0.3 is 5.97 Å². The van der Waals surface area contributed by atoms with Crippen molar-refractivity contribution in [3.63, 3.8) is 0 Å². The third-order valence-corrected chi connectivity index (χ3v) is 15.3. The average molecular weight is 684 g/mol. The van der Waals surface area contributed by atoms with E-state index in [0.29, 0.717) is 47.3 Å². The molecule has 3 saturated carbocycles. The van der Waals surface area contributed by atoms with E-state index in [-0.39, 0.29) is 17.1 Å². The molecule has 6 atom stereocenters. The molecule has 8 heteroatoms. The number of sulfone groups is 1. The van der Waals surface area contributed by atoms with Crippen LogP contribution in [0.25, 0.3) is 0 Å². The number of allylic oxidation sites excluding steroid dienone is 2. The fourth-order valence-electron chi connectivity index (χ4n) is 10.5. The Balaban J connectivity index is 0.946. The minimum Gasteiger partial charge on any atom is -0.469 e. The maximum absolute atomic E-state index is 13.4. The summed E-state index contributed by atoms with van der Waals surface area (Å²) in [5.41, 5.74) is 1.76. The highest BCUT2D eigenvalue weighted by molar-refractivity contribution is 7.92. The fourth-order valence-corrected chi connectivity index (χ4v) is 12.6.